The van der Waals surface area contributed by atoms with Crippen LogP contribution >= 0.6 is 0 Å². The molecule has 1 unspecified atom stereocenters. The normalized spacial score (nSPS) is 12.4. The predicted octanol–water partition coefficient (Wildman–Crippen LogP) is 3.37. The van der Waals surface area contributed by atoms with E-state index in [2.05, 4.69) is 43.3 Å². The van der Waals surface area contributed by atoms with E-state index in [1.54, 1.807) is 0 Å². The Bertz CT molecular complexity index is 577. The van der Waals surface area contributed by atoms with Gasteiger partial charge < -0.3 is 10.1 Å². The molecule has 0 amide bonds. The lowest BCUT2D eigenvalue weighted by atomic mass is 10.1. The van der Waals surface area contributed by atoms with Crippen LogP contribution in [0, 0.1) is 6.92 Å². The number of nitrogens with zero attached hydrogens (tertiary/aromatic N) is 2. The van der Waals surface area contributed by atoms with E-state index in [-0.39, 0.29) is 6.04 Å². The van der Waals surface area contributed by atoms with Gasteiger partial charge in [0.25, 0.3) is 0 Å². The average molecular weight is 287 g/mol. The second-order valence-electron chi connectivity index (χ2n) is 5.41. The summed E-state index contributed by atoms with van der Waals surface area (Å²) in [5, 5.41) is 7.84. The van der Waals surface area contributed by atoms with Crippen molar-refractivity contribution in [3.63, 3.8) is 0 Å². The first-order valence-corrected chi connectivity index (χ1v) is 7.55. The minimum absolute atomic E-state index is 0.277. The highest BCUT2D eigenvalue weighted by molar-refractivity contribution is 5.29. The Balaban J connectivity index is 1.94. The molecule has 21 heavy (non-hydrogen) atoms. The quantitative estimate of drug-likeness (QED) is 0.848. The molecule has 0 bridgehead atoms. The SMILES string of the molecule is CCCOc1cccc(CNC(C)c2cnn(C)c2C)c1. The topological polar surface area (TPSA) is 39.1 Å². The summed E-state index contributed by atoms with van der Waals surface area (Å²) in [6.07, 6.45) is 2.97. The summed E-state index contributed by atoms with van der Waals surface area (Å²) in [6.45, 7) is 7.96. The molecule has 0 saturated carbocycles. The number of benzene rings is 1. The van der Waals surface area contributed by atoms with Crippen LogP contribution in [0.25, 0.3) is 0 Å². The molecule has 1 heterocycles. The first-order chi connectivity index (χ1) is 10.1. The van der Waals surface area contributed by atoms with Crippen molar-refractivity contribution >= 4 is 0 Å². The Morgan fingerprint density at radius 2 is 2.19 bits per heavy atom. The van der Waals surface area contributed by atoms with Gasteiger partial charge in [-0.1, -0.05) is 19.1 Å². The highest BCUT2D eigenvalue weighted by Crippen LogP contribution is 2.18. The van der Waals surface area contributed by atoms with Crippen LogP contribution in [0.1, 0.15) is 43.1 Å². The molecular weight excluding hydrogens is 262 g/mol. The smallest absolute Gasteiger partial charge is 0.119 e. The number of ether oxygens (including phenoxy) is 1. The zero-order chi connectivity index (χ0) is 15.2. The number of nitrogens with one attached hydrogen (secondary N) is 1. The van der Waals surface area contributed by atoms with Crippen molar-refractivity contribution in [3.8, 4) is 5.75 Å². The van der Waals surface area contributed by atoms with E-state index in [1.807, 2.05) is 30.1 Å². The zero-order valence-corrected chi connectivity index (χ0v) is 13.4. The van der Waals surface area contributed by atoms with Crippen LogP contribution in [0.15, 0.2) is 30.5 Å². The Kier molecular flexibility index (Phi) is 5.39. The Labute approximate surface area is 127 Å². The molecule has 1 N–H and O–H groups in total. The van der Waals surface area contributed by atoms with Crippen molar-refractivity contribution in [3.05, 3.63) is 47.3 Å². The van der Waals surface area contributed by atoms with Crippen molar-refractivity contribution < 1.29 is 4.74 Å². The number of aryl methyl sites for hydroxylation is 1. The molecule has 0 aliphatic heterocycles. The van der Waals surface area contributed by atoms with Gasteiger partial charge in [0.05, 0.1) is 12.8 Å². The summed E-state index contributed by atoms with van der Waals surface area (Å²) in [5.41, 5.74) is 3.68. The van der Waals surface area contributed by atoms with Crippen molar-refractivity contribution in [1.82, 2.24) is 15.1 Å². The number of rotatable bonds is 7. The first kappa shape index (κ1) is 15.6. The number of hydrogen-bond acceptors (Lipinski definition) is 3. The maximum absolute atomic E-state index is 5.67. The summed E-state index contributed by atoms with van der Waals surface area (Å²) in [7, 11) is 1.97. The molecule has 1 atom stereocenters. The molecule has 114 valence electrons. The molecule has 4 nitrogen and oxygen atoms in total. The molecule has 0 aliphatic carbocycles. The van der Waals surface area contributed by atoms with Crippen LogP contribution < -0.4 is 10.1 Å². The lowest BCUT2D eigenvalue weighted by Crippen LogP contribution is -2.18. The Hall–Kier alpha value is -1.81. The highest BCUT2D eigenvalue weighted by atomic mass is 16.5. The van der Waals surface area contributed by atoms with Crippen LogP contribution in [-0.4, -0.2) is 16.4 Å². The van der Waals surface area contributed by atoms with E-state index >= 15 is 0 Å². The lowest BCUT2D eigenvalue weighted by Gasteiger charge is -2.14. The van der Waals surface area contributed by atoms with Crippen molar-refractivity contribution in [2.75, 3.05) is 6.61 Å². The van der Waals surface area contributed by atoms with Crippen LogP contribution in [-0.2, 0) is 13.6 Å². The second kappa shape index (κ2) is 7.27. The summed E-state index contributed by atoms with van der Waals surface area (Å²) >= 11 is 0. The van der Waals surface area contributed by atoms with Gasteiger partial charge in [0.2, 0.25) is 0 Å². The molecule has 0 spiro atoms. The second-order valence-corrected chi connectivity index (χ2v) is 5.41. The minimum Gasteiger partial charge on any atom is -0.494 e. The third-order valence-corrected chi connectivity index (χ3v) is 3.72. The molecule has 0 fully saturated rings. The fourth-order valence-electron chi connectivity index (χ4n) is 2.29. The van der Waals surface area contributed by atoms with E-state index in [1.165, 1.54) is 16.8 Å². The van der Waals surface area contributed by atoms with E-state index in [9.17, 15) is 0 Å². The van der Waals surface area contributed by atoms with Gasteiger partial charge in [-0.25, -0.2) is 0 Å². The maximum atomic E-state index is 5.67. The summed E-state index contributed by atoms with van der Waals surface area (Å²) in [4.78, 5) is 0. The Morgan fingerprint density at radius 1 is 1.38 bits per heavy atom. The summed E-state index contributed by atoms with van der Waals surface area (Å²) < 4.78 is 7.58. The van der Waals surface area contributed by atoms with Gasteiger partial charge in [0.1, 0.15) is 5.75 Å². The van der Waals surface area contributed by atoms with E-state index in [4.69, 9.17) is 4.74 Å². The summed E-state index contributed by atoms with van der Waals surface area (Å²) in [5.74, 6) is 0.946. The number of hydrogen-bond donors (Lipinski definition) is 1. The van der Waals surface area contributed by atoms with Gasteiger partial charge in [0.15, 0.2) is 0 Å². The zero-order valence-electron chi connectivity index (χ0n) is 13.4. The van der Waals surface area contributed by atoms with E-state index in [0.29, 0.717) is 0 Å². The third kappa shape index (κ3) is 4.08. The van der Waals surface area contributed by atoms with E-state index < -0.39 is 0 Å². The largest absolute Gasteiger partial charge is 0.494 e. The fraction of sp³-hybridized carbons (Fsp3) is 0.471. The van der Waals surface area contributed by atoms with Gasteiger partial charge in [-0.2, -0.15) is 5.10 Å². The van der Waals surface area contributed by atoms with Crippen LogP contribution in [0.4, 0.5) is 0 Å². The van der Waals surface area contributed by atoms with Gasteiger partial charge in [-0.15, -0.1) is 0 Å². The number of aromatic nitrogens is 2. The molecule has 1 aromatic heterocycles. The molecular formula is C17H25N3O. The van der Waals surface area contributed by atoms with Crippen LogP contribution in [0.3, 0.4) is 0 Å². The van der Waals surface area contributed by atoms with Crippen LogP contribution in [0.2, 0.25) is 0 Å². The average Bonchev–Trinajstić information content (AvgIpc) is 2.83. The van der Waals surface area contributed by atoms with Gasteiger partial charge in [-0.3, -0.25) is 4.68 Å². The maximum Gasteiger partial charge on any atom is 0.119 e. The monoisotopic (exact) mass is 287 g/mol. The minimum atomic E-state index is 0.277. The third-order valence-electron chi connectivity index (χ3n) is 3.72. The van der Waals surface area contributed by atoms with Crippen molar-refractivity contribution in [1.29, 1.82) is 0 Å². The molecule has 0 aliphatic rings. The van der Waals surface area contributed by atoms with Crippen molar-refractivity contribution in [2.45, 2.75) is 39.8 Å². The molecule has 0 saturated heterocycles. The highest BCUT2D eigenvalue weighted by Gasteiger charge is 2.11. The Morgan fingerprint density at radius 3 is 2.86 bits per heavy atom. The predicted molar refractivity (Wildman–Crippen MR) is 85.4 cm³/mol. The van der Waals surface area contributed by atoms with Crippen LogP contribution in [0.5, 0.6) is 5.75 Å². The standard InChI is InChI=1S/C17H25N3O/c1-5-9-21-16-8-6-7-15(10-16)11-18-13(2)17-12-19-20(4)14(17)3/h6-8,10,12-13,18H,5,9,11H2,1-4H3. The molecule has 0 radical (unpaired) electrons. The molecule has 2 aromatic rings. The molecule has 2 rings (SSSR count). The lowest BCUT2D eigenvalue weighted by molar-refractivity contribution is 0.317. The van der Waals surface area contributed by atoms with E-state index in [0.717, 1.165) is 25.3 Å². The first-order valence-electron chi connectivity index (χ1n) is 7.55. The molecule has 4 heteroatoms. The van der Waals surface area contributed by atoms with Gasteiger partial charge >= 0.3 is 0 Å². The van der Waals surface area contributed by atoms with Gasteiger partial charge in [-0.05, 0) is 38.0 Å². The summed E-state index contributed by atoms with van der Waals surface area (Å²) in [6, 6.07) is 8.55. The van der Waals surface area contributed by atoms with Gasteiger partial charge in [0, 0.05) is 30.9 Å². The van der Waals surface area contributed by atoms with Crippen molar-refractivity contribution in [2.24, 2.45) is 7.05 Å². The molecule has 1 aromatic carbocycles. The fourth-order valence-corrected chi connectivity index (χ4v) is 2.29.